The lowest BCUT2D eigenvalue weighted by Gasteiger charge is -2.30. The van der Waals surface area contributed by atoms with Crippen molar-refractivity contribution in [2.75, 3.05) is 0 Å². The Morgan fingerprint density at radius 3 is 2.93 bits per heavy atom. The predicted octanol–water partition coefficient (Wildman–Crippen LogP) is 3.27. The molecule has 14 heavy (non-hydrogen) atoms. The van der Waals surface area contributed by atoms with Crippen LogP contribution in [0.25, 0.3) is 6.08 Å². The largest absolute Gasteiger partial charge is 0.370 e. The lowest BCUT2D eigenvalue weighted by Crippen LogP contribution is -2.28. The summed E-state index contributed by atoms with van der Waals surface area (Å²) in [6, 6.07) is 9.25. The van der Waals surface area contributed by atoms with Gasteiger partial charge in [-0.1, -0.05) is 31.2 Å². The Kier molecular flexibility index (Phi) is 2.58. The van der Waals surface area contributed by atoms with Crippen molar-refractivity contribution in [3.8, 4) is 0 Å². The van der Waals surface area contributed by atoms with Crippen LogP contribution in [0, 0.1) is 0 Å². The van der Waals surface area contributed by atoms with Crippen LogP contribution in [0.4, 0.5) is 0 Å². The van der Waals surface area contributed by atoms with E-state index >= 15 is 0 Å². The lowest BCUT2D eigenvalue weighted by atomic mass is 10.0. The van der Waals surface area contributed by atoms with Gasteiger partial charge in [0.15, 0.2) is 0 Å². The first-order chi connectivity index (χ1) is 6.81. The first kappa shape index (κ1) is 9.32. The lowest BCUT2D eigenvalue weighted by molar-refractivity contribution is 0.277. The van der Waals surface area contributed by atoms with Gasteiger partial charge < -0.3 is 4.90 Å². The van der Waals surface area contributed by atoms with Gasteiger partial charge >= 0.3 is 0 Å². The third-order valence-corrected chi connectivity index (χ3v) is 3.01. The van der Waals surface area contributed by atoms with E-state index in [0.29, 0.717) is 6.04 Å². The molecule has 0 saturated carbocycles. The summed E-state index contributed by atoms with van der Waals surface area (Å²) in [7, 11) is 0. The van der Waals surface area contributed by atoms with Gasteiger partial charge in [0.05, 0.1) is 0 Å². The fourth-order valence-corrected chi connectivity index (χ4v) is 1.80. The normalized spacial score (nSPS) is 16.6. The van der Waals surface area contributed by atoms with Gasteiger partial charge in [-0.25, -0.2) is 0 Å². The zero-order valence-corrected chi connectivity index (χ0v) is 8.90. The number of nitrogens with zero attached hydrogens (tertiary/aromatic N) is 1. The van der Waals surface area contributed by atoms with E-state index in [1.165, 1.54) is 17.5 Å². The quantitative estimate of drug-likeness (QED) is 0.687. The van der Waals surface area contributed by atoms with E-state index in [0.717, 1.165) is 6.54 Å². The summed E-state index contributed by atoms with van der Waals surface area (Å²) in [6.07, 6.45) is 5.63. The first-order valence-electron chi connectivity index (χ1n) is 5.33. The van der Waals surface area contributed by atoms with Crippen LogP contribution >= 0.6 is 0 Å². The van der Waals surface area contributed by atoms with Crippen molar-refractivity contribution in [3.05, 3.63) is 41.6 Å². The molecule has 1 heteroatoms. The molecule has 1 aromatic carbocycles. The minimum absolute atomic E-state index is 0.639. The maximum atomic E-state index is 2.41. The molecule has 0 fully saturated rings. The fourth-order valence-electron chi connectivity index (χ4n) is 1.80. The molecule has 0 spiro atoms. The maximum absolute atomic E-state index is 2.41. The molecule has 1 aliphatic heterocycles. The van der Waals surface area contributed by atoms with Gasteiger partial charge in [-0.05, 0) is 30.5 Å². The van der Waals surface area contributed by atoms with Crippen LogP contribution in [-0.4, -0.2) is 10.9 Å². The predicted molar refractivity (Wildman–Crippen MR) is 60.8 cm³/mol. The van der Waals surface area contributed by atoms with Gasteiger partial charge in [0.2, 0.25) is 0 Å². The molecule has 0 amide bonds. The highest BCUT2D eigenvalue weighted by Gasteiger charge is 2.13. The van der Waals surface area contributed by atoms with Crippen LogP contribution in [0.1, 0.15) is 31.4 Å². The van der Waals surface area contributed by atoms with E-state index < -0.39 is 0 Å². The maximum Gasteiger partial charge on any atom is 0.0432 e. The highest BCUT2D eigenvalue weighted by Crippen LogP contribution is 2.21. The van der Waals surface area contributed by atoms with E-state index in [4.69, 9.17) is 0 Å². The number of hydrogen-bond acceptors (Lipinski definition) is 1. The van der Waals surface area contributed by atoms with Crippen molar-refractivity contribution in [1.82, 2.24) is 4.90 Å². The van der Waals surface area contributed by atoms with E-state index in [-0.39, 0.29) is 0 Å². The van der Waals surface area contributed by atoms with E-state index in [1.807, 2.05) is 0 Å². The number of benzene rings is 1. The van der Waals surface area contributed by atoms with Gasteiger partial charge in [-0.15, -0.1) is 0 Å². The molecule has 1 aromatic rings. The molecule has 1 heterocycles. The molecule has 0 N–H and O–H groups in total. The van der Waals surface area contributed by atoms with Gasteiger partial charge in [0.25, 0.3) is 0 Å². The van der Waals surface area contributed by atoms with Crippen molar-refractivity contribution >= 4 is 6.08 Å². The SMILES string of the molecule is CCC(C)N1C=Cc2ccccc2C1. The molecule has 1 aliphatic rings. The summed E-state index contributed by atoms with van der Waals surface area (Å²) in [4.78, 5) is 2.41. The number of rotatable bonds is 2. The zero-order valence-electron chi connectivity index (χ0n) is 8.90. The molecule has 0 bridgehead atoms. The highest BCUT2D eigenvalue weighted by molar-refractivity contribution is 5.55. The molecule has 1 unspecified atom stereocenters. The summed E-state index contributed by atoms with van der Waals surface area (Å²) >= 11 is 0. The van der Waals surface area contributed by atoms with Gasteiger partial charge in [-0.3, -0.25) is 0 Å². The smallest absolute Gasteiger partial charge is 0.0432 e. The van der Waals surface area contributed by atoms with Crippen LogP contribution in [-0.2, 0) is 6.54 Å². The molecule has 0 aromatic heterocycles. The van der Waals surface area contributed by atoms with Crippen molar-refractivity contribution in [2.24, 2.45) is 0 Å². The van der Waals surface area contributed by atoms with Crippen LogP contribution in [0.3, 0.4) is 0 Å². The van der Waals surface area contributed by atoms with Gasteiger partial charge in [0, 0.05) is 18.8 Å². The molecule has 74 valence electrons. The van der Waals surface area contributed by atoms with E-state index in [2.05, 4.69) is 55.3 Å². The summed E-state index contributed by atoms with van der Waals surface area (Å²) in [5.41, 5.74) is 2.81. The van der Waals surface area contributed by atoms with Crippen LogP contribution in [0.2, 0.25) is 0 Å². The molecule has 2 rings (SSSR count). The molecule has 0 saturated heterocycles. The average molecular weight is 187 g/mol. The van der Waals surface area contributed by atoms with Crippen LogP contribution in [0.5, 0.6) is 0 Å². The van der Waals surface area contributed by atoms with Crippen molar-refractivity contribution in [3.63, 3.8) is 0 Å². The fraction of sp³-hybridized carbons (Fsp3) is 0.385. The summed E-state index contributed by atoms with van der Waals surface area (Å²) in [6.45, 7) is 5.57. The summed E-state index contributed by atoms with van der Waals surface area (Å²) in [5.74, 6) is 0. The highest BCUT2D eigenvalue weighted by atomic mass is 15.1. The minimum atomic E-state index is 0.639. The van der Waals surface area contributed by atoms with Gasteiger partial charge in [0.1, 0.15) is 0 Å². The first-order valence-corrected chi connectivity index (χ1v) is 5.33. The minimum Gasteiger partial charge on any atom is -0.370 e. The molecule has 1 nitrogen and oxygen atoms in total. The molecule has 0 radical (unpaired) electrons. The Morgan fingerprint density at radius 1 is 1.36 bits per heavy atom. The second-order valence-electron chi connectivity index (χ2n) is 3.94. The Balaban J connectivity index is 2.21. The van der Waals surface area contributed by atoms with Crippen molar-refractivity contribution in [1.29, 1.82) is 0 Å². The van der Waals surface area contributed by atoms with Crippen LogP contribution < -0.4 is 0 Å². The molecule has 1 atom stereocenters. The Labute approximate surface area is 86.1 Å². The Hall–Kier alpha value is -1.24. The average Bonchev–Trinajstić information content (AvgIpc) is 2.27. The second kappa shape index (κ2) is 3.87. The van der Waals surface area contributed by atoms with Gasteiger partial charge in [-0.2, -0.15) is 0 Å². The van der Waals surface area contributed by atoms with E-state index in [1.54, 1.807) is 0 Å². The monoisotopic (exact) mass is 187 g/mol. The van der Waals surface area contributed by atoms with Crippen LogP contribution in [0.15, 0.2) is 30.5 Å². The molecular formula is C13H17N. The summed E-state index contributed by atoms with van der Waals surface area (Å²) in [5, 5.41) is 0. The number of fused-ring (bicyclic) bond motifs is 1. The third kappa shape index (κ3) is 1.67. The Morgan fingerprint density at radius 2 is 2.14 bits per heavy atom. The molecule has 0 aliphatic carbocycles. The Bertz CT molecular complexity index is 341. The number of hydrogen-bond donors (Lipinski definition) is 0. The molecular weight excluding hydrogens is 170 g/mol. The zero-order chi connectivity index (χ0) is 9.97. The third-order valence-electron chi connectivity index (χ3n) is 3.01. The van der Waals surface area contributed by atoms with Crippen molar-refractivity contribution < 1.29 is 0 Å². The van der Waals surface area contributed by atoms with E-state index in [9.17, 15) is 0 Å². The summed E-state index contributed by atoms with van der Waals surface area (Å²) < 4.78 is 0. The standard InChI is InChI=1S/C13H17N/c1-3-11(2)14-9-8-12-6-4-5-7-13(12)10-14/h4-9,11H,3,10H2,1-2H3. The topological polar surface area (TPSA) is 3.24 Å². The second-order valence-corrected chi connectivity index (χ2v) is 3.94. The van der Waals surface area contributed by atoms with Crippen molar-refractivity contribution in [2.45, 2.75) is 32.9 Å².